The first-order valence-corrected chi connectivity index (χ1v) is 3.71. The summed E-state index contributed by atoms with van der Waals surface area (Å²) >= 11 is 0. The molecular formula is C9H9FO. The molecule has 0 unspecified atom stereocenters. The Morgan fingerprint density at radius 1 is 1.55 bits per heavy atom. The van der Waals surface area contributed by atoms with Gasteiger partial charge in [0.05, 0.1) is 0 Å². The van der Waals surface area contributed by atoms with Gasteiger partial charge >= 0.3 is 0 Å². The summed E-state index contributed by atoms with van der Waals surface area (Å²) in [5.74, 6) is 0.653. The maximum atomic E-state index is 12.6. The summed E-state index contributed by atoms with van der Waals surface area (Å²) in [6.45, 7) is 1.98. The molecule has 1 aromatic rings. The predicted molar refractivity (Wildman–Crippen MR) is 40.2 cm³/mol. The number of hydrogen-bond donors (Lipinski definition) is 0. The van der Waals surface area contributed by atoms with Crippen molar-refractivity contribution in [1.29, 1.82) is 0 Å². The molecule has 1 nitrogen and oxygen atoms in total. The van der Waals surface area contributed by atoms with Crippen molar-refractivity contribution >= 4 is 0 Å². The van der Waals surface area contributed by atoms with Crippen LogP contribution in [0.15, 0.2) is 18.2 Å². The normalized spacial score (nSPS) is 21.1. The highest BCUT2D eigenvalue weighted by Gasteiger charge is 2.18. The van der Waals surface area contributed by atoms with E-state index in [0.29, 0.717) is 0 Å². The Labute approximate surface area is 64.8 Å². The van der Waals surface area contributed by atoms with Crippen LogP contribution in [-0.2, 0) is 6.42 Å². The molecule has 0 amide bonds. The van der Waals surface area contributed by atoms with Gasteiger partial charge in [0.25, 0.3) is 0 Å². The van der Waals surface area contributed by atoms with Gasteiger partial charge < -0.3 is 4.74 Å². The number of ether oxygens (including phenoxy) is 1. The van der Waals surface area contributed by atoms with E-state index in [2.05, 4.69) is 0 Å². The van der Waals surface area contributed by atoms with Crippen LogP contribution in [0.3, 0.4) is 0 Å². The summed E-state index contributed by atoms with van der Waals surface area (Å²) in [5.41, 5.74) is 0.984. The Balaban J connectivity index is 2.43. The first-order chi connectivity index (χ1) is 5.25. The third kappa shape index (κ3) is 1.09. The topological polar surface area (TPSA) is 9.23 Å². The van der Waals surface area contributed by atoms with E-state index in [4.69, 9.17) is 4.74 Å². The van der Waals surface area contributed by atoms with Crippen molar-refractivity contribution in [2.45, 2.75) is 19.4 Å². The molecule has 1 aliphatic heterocycles. The molecule has 0 N–H and O–H groups in total. The fourth-order valence-corrected chi connectivity index (χ4v) is 1.39. The molecule has 0 aliphatic carbocycles. The summed E-state index contributed by atoms with van der Waals surface area (Å²) in [4.78, 5) is 0. The molecule has 0 bridgehead atoms. The Morgan fingerprint density at radius 2 is 2.36 bits per heavy atom. The summed E-state index contributed by atoms with van der Waals surface area (Å²) in [7, 11) is 0. The molecular weight excluding hydrogens is 143 g/mol. The number of hydrogen-bond acceptors (Lipinski definition) is 1. The zero-order valence-corrected chi connectivity index (χ0v) is 6.30. The molecule has 0 spiro atoms. The minimum atomic E-state index is -0.179. The largest absolute Gasteiger partial charge is 0.490 e. The maximum absolute atomic E-state index is 12.6. The van der Waals surface area contributed by atoms with Crippen LogP contribution in [0, 0.1) is 5.82 Å². The van der Waals surface area contributed by atoms with Gasteiger partial charge in [-0.15, -0.1) is 0 Å². The second kappa shape index (κ2) is 2.22. The summed E-state index contributed by atoms with van der Waals surface area (Å²) in [6.07, 6.45) is 1.03. The Hall–Kier alpha value is -1.05. The third-order valence-electron chi connectivity index (χ3n) is 1.86. The maximum Gasteiger partial charge on any atom is 0.123 e. The number of rotatable bonds is 0. The quantitative estimate of drug-likeness (QED) is 0.553. The van der Waals surface area contributed by atoms with Crippen molar-refractivity contribution in [3.8, 4) is 5.75 Å². The number of halogens is 1. The Morgan fingerprint density at radius 3 is 3.18 bits per heavy atom. The monoisotopic (exact) mass is 152 g/mol. The van der Waals surface area contributed by atoms with E-state index in [1.807, 2.05) is 6.92 Å². The van der Waals surface area contributed by atoms with Crippen molar-refractivity contribution < 1.29 is 9.13 Å². The minimum Gasteiger partial charge on any atom is -0.490 e. The Bertz CT molecular complexity index is 283. The Kier molecular flexibility index (Phi) is 1.34. The second-order valence-corrected chi connectivity index (χ2v) is 2.88. The molecule has 0 saturated carbocycles. The van der Waals surface area contributed by atoms with E-state index in [-0.39, 0.29) is 11.9 Å². The van der Waals surface area contributed by atoms with Gasteiger partial charge in [0.1, 0.15) is 17.7 Å². The van der Waals surface area contributed by atoms with Crippen LogP contribution in [0.5, 0.6) is 5.75 Å². The van der Waals surface area contributed by atoms with Gasteiger partial charge in [0.2, 0.25) is 0 Å². The lowest BCUT2D eigenvalue weighted by Crippen LogP contribution is -2.05. The van der Waals surface area contributed by atoms with E-state index in [1.165, 1.54) is 6.07 Å². The molecule has 1 atom stereocenters. The fourth-order valence-electron chi connectivity index (χ4n) is 1.39. The van der Waals surface area contributed by atoms with E-state index < -0.39 is 0 Å². The van der Waals surface area contributed by atoms with Crippen LogP contribution < -0.4 is 4.74 Å². The van der Waals surface area contributed by atoms with E-state index in [9.17, 15) is 4.39 Å². The highest BCUT2D eigenvalue weighted by molar-refractivity contribution is 5.37. The lowest BCUT2D eigenvalue weighted by atomic mass is 10.1. The van der Waals surface area contributed by atoms with E-state index in [1.54, 1.807) is 12.1 Å². The minimum absolute atomic E-state index is 0.179. The second-order valence-electron chi connectivity index (χ2n) is 2.88. The zero-order valence-electron chi connectivity index (χ0n) is 6.30. The van der Waals surface area contributed by atoms with Gasteiger partial charge in [0.15, 0.2) is 0 Å². The smallest absolute Gasteiger partial charge is 0.123 e. The highest BCUT2D eigenvalue weighted by Crippen LogP contribution is 2.28. The molecule has 0 aromatic heterocycles. The number of benzene rings is 1. The molecule has 58 valence electrons. The fraction of sp³-hybridized carbons (Fsp3) is 0.333. The lowest BCUT2D eigenvalue weighted by Gasteiger charge is -2.00. The van der Waals surface area contributed by atoms with Gasteiger partial charge in [-0.1, -0.05) is 0 Å². The van der Waals surface area contributed by atoms with Gasteiger partial charge in [-0.2, -0.15) is 0 Å². The average molecular weight is 152 g/mol. The van der Waals surface area contributed by atoms with Crippen LogP contribution in [0.1, 0.15) is 12.5 Å². The molecule has 1 aliphatic rings. The van der Waals surface area contributed by atoms with E-state index >= 15 is 0 Å². The molecule has 11 heavy (non-hydrogen) atoms. The SMILES string of the molecule is C[C@H]1Cc2cc(F)ccc2O1. The molecule has 1 heterocycles. The summed E-state index contributed by atoms with van der Waals surface area (Å²) in [5, 5.41) is 0. The lowest BCUT2D eigenvalue weighted by molar-refractivity contribution is 0.254. The van der Waals surface area contributed by atoms with Crippen LogP contribution in [-0.4, -0.2) is 6.10 Å². The standard InChI is InChI=1S/C9H9FO/c1-6-4-7-5-8(10)2-3-9(7)11-6/h2-3,5-6H,4H2,1H3/t6-/m0/s1. The van der Waals surface area contributed by atoms with Crippen LogP contribution in [0.2, 0.25) is 0 Å². The molecule has 1 aromatic carbocycles. The first-order valence-electron chi connectivity index (χ1n) is 3.71. The van der Waals surface area contributed by atoms with Crippen molar-refractivity contribution in [1.82, 2.24) is 0 Å². The predicted octanol–water partition coefficient (Wildman–Crippen LogP) is 2.15. The van der Waals surface area contributed by atoms with Crippen molar-refractivity contribution in [3.63, 3.8) is 0 Å². The molecule has 0 saturated heterocycles. The van der Waals surface area contributed by atoms with Crippen LogP contribution in [0.25, 0.3) is 0 Å². The zero-order chi connectivity index (χ0) is 7.84. The van der Waals surface area contributed by atoms with Crippen molar-refractivity contribution in [2.24, 2.45) is 0 Å². The highest BCUT2D eigenvalue weighted by atomic mass is 19.1. The van der Waals surface area contributed by atoms with Crippen molar-refractivity contribution in [2.75, 3.05) is 0 Å². The van der Waals surface area contributed by atoms with Crippen molar-refractivity contribution in [3.05, 3.63) is 29.6 Å². The van der Waals surface area contributed by atoms with Crippen LogP contribution in [0.4, 0.5) is 4.39 Å². The van der Waals surface area contributed by atoms with Gasteiger partial charge in [-0.05, 0) is 25.1 Å². The van der Waals surface area contributed by atoms with Crippen LogP contribution >= 0.6 is 0 Å². The van der Waals surface area contributed by atoms with Gasteiger partial charge in [-0.25, -0.2) is 4.39 Å². The first kappa shape index (κ1) is 6.65. The summed E-state index contributed by atoms with van der Waals surface area (Å²) < 4.78 is 18.0. The summed E-state index contributed by atoms with van der Waals surface area (Å²) in [6, 6.07) is 4.66. The van der Waals surface area contributed by atoms with E-state index in [0.717, 1.165) is 17.7 Å². The molecule has 2 heteroatoms. The molecule has 0 fully saturated rings. The molecule has 2 rings (SSSR count). The average Bonchev–Trinajstić information content (AvgIpc) is 2.27. The third-order valence-corrected chi connectivity index (χ3v) is 1.86. The van der Waals surface area contributed by atoms with Gasteiger partial charge in [0, 0.05) is 12.0 Å². The number of fused-ring (bicyclic) bond motifs is 1. The van der Waals surface area contributed by atoms with Gasteiger partial charge in [-0.3, -0.25) is 0 Å². The molecule has 0 radical (unpaired) electrons.